The molecule has 0 fully saturated rings. The van der Waals surface area contributed by atoms with Crippen LogP contribution in [0.1, 0.15) is 41.2 Å². The fraction of sp³-hybridized carbons (Fsp3) is 0.154. The summed E-state index contributed by atoms with van der Waals surface area (Å²) in [7, 11) is 0. The number of rotatable bonds is 5. The predicted octanol–water partition coefficient (Wildman–Crippen LogP) is 5.39. The number of nitrogens with two attached hydrogens (primary N) is 2. The molecule has 0 heterocycles. The fourth-order valence-corrected chi connectivity index (χ4v) is 4.11. The molecular weight excluding hydrogens is 340 g/mol. The summed E-state index contributed by atoms with van der Waals surface area (Å²) >= 11 is 0. The second-order valence-electron chi connectivity index (χ2n) is 7.36. The van der Waals surface area contributed by atoms with E-state index in [1.54, 1.807) is 0 Å². The van der Waals surface area contributed by atoms with Gasteiger partial charge in [-0.2, -0.15) is 0 Å². The molecule has 0 aliphatic heterocycles. The third kappa shape index (κ3) is 3.45. The van der Waals surface area contributed by atoms with E-state index in [9.17, 15) is 0 Å². The summed E-state index contributed by atoms with van der Waals surface area (Å²) in [6.45, 7) is 3.34. The molecule has 0 radical (unpaired) electrons. The number of hydrogen-bond donors (Lipinski definition) is 2. The zero-order chi connectivity index (χ0) is 19.5. The van der Waals surface area contributed by atoms with Crippen molar-refractivity contribution in [3.05, 3.63) is 112 Å². The van der Waals surface area contributed by atoms with E-state index in [1.165, 1.54) is 39.0 Å². The summed E-state index contributed by atoms with van der Waals surface area (Å²) in [6, 6.07) is 27.9. The summed E-state index contributed by atoms with van der Waals surface area (Å²) in [5.74, 6) is 0. The highest BCUT2D eigenvalue weighted by atomic mass is 14.5. The first-order chi connectivity index (χ1) is 13.7. The van der Waals surface area contributed by atoms with Gasteiger partial charge in [-0.05, 0) is 63.9 Å². The van der Waals surface area contributed by atoms with E-state index in [0.717, 1.165) is 17.5 Å². The van der Waals surface area contributed by atoms with Crippen LogP contribution in [-0.2, 0) is 13.1 Å². The third-order valence-electron chi connectivity index (χ3n) is 5.45. The van der Waals surface area contributed by atoms with Crippen LogP contribution in [0.2, 0.25) is 0 Å². The normalized spacial score (nSPS) is 14.1. The van der Waals surface area contributed by atoms with Crippen molar-refractivity contribution in [2.45, 2.75) is 26.4 Å². The molecule has 2 nitrogen and oxygen atoms in total. The summed E-state index contributed by atoms with van der Waals surface area (Å²) in [6.07, 6.45) is 0.945. The predicted molar refractivity (Wildman–Crippen MR) is 119 cm³/mol. The molecule has 0 saturated heterocycles. The molecule has 1 aliphatic rings. The summed E-state index contributed by atoms with van der Waals surface area (Å²) in [5.41, 5.74) is 23.3. The smallest absolute Gasteiger partial charge is 0.0178 e. The zero-order valence-electron chi connectivity index (χ0n) is 16.3. The Morgan fingerprint density at radius 3 is 1.86 bits per heavy atom. The fourth-order valence-electron chi connectivity index (χ4n) is 4.11. The van der Waals surface area contributed by atoms with Gasteiger partial charge in [-0.3, -0.25) is 0 Å². The molecule has 1 aliphatic carbocycles. The van der Waals surface area contributed by atoms with Crippen molar-refractivity contribution in [3.63, 3.8) is 0 Å². The lowest BCUT2D eigenvalue weighted by Gasteiger charge is -2.15. The largest absolute Gasteiger partial charge is 0.326 e. The monoisotopic (exact) mass is 366 g/mol. The van der Waals surface area contributed by atoms with E-state index in [0.29, 0.717) is 13.1 Å². The van der Waals surface area contributed by atoms with Gasteiger partial charge < -0.3 is 11.5 Å². The highest BCUT2D eigenvalue weighted by Crippen LogP contribution is 2.48. The van der Waals surface area contributed by atoms with E-state index >= 15 is 0 Å². The van der Waals surface area contributed by atoms with Crippen LogP contribution < -0.4 is 11.5 Å². The molecule has 0 unspecified atom stereocenters. The van der Waals surface area contributed by atoms with Crippen LogP contribution >= 0.6 is 0 Å². The average Bonchev–Trinajstić information content (AvgIpc) is 3.11. The first-order valence-electron chi connectivity index (χ1n) is 9.78. The molecule has 0 bridgehead atoms. The molecule has 0 amide bonds. The van der Waals surface area contributed by atoms with Gasteiger partial charge in [-0.15, -0.1) is 0 Å². The lowest BCUT2D eigenvalue weighted by Crippen LogP contribution is -1.99. The number of hydrogen-bond acceptors (Lipinski definition) is 2. The zero-order valence-corrected chi connectivity index (χ0v) is 16.3. The van der Waals surface area contributed by atoms with Gasteiger partial charge in [0.1, 0.15) is 0 Å². The SMILES string of the molecule is CC1=C(c2ccccc2)C(c2cccc(CN)c2)=C(c2cccc(CN)c2)C1. The van der Waals surface area contributed by atoms with Gasteiger partial charge in [-0.1, -0.05) is 78.4 Å². The van der Waals surface area contributed by atoms with Crippen LogP contribution in [0.25, 0.3) is 16.7 Å². The topological polar surface area (TPSA) is 52.0 Å². The summed E-state index contributed by atoms with van der Waals surface area (Å²) in [5, 5.41) is 0. The molecule has 3 aromatic carbocycles. The lowest BCUT2D eigenvalue weighted by molar-refractivity contribution is 1.07. The Morgan fingerprint density at radius 2 is 1.21 bits per heavy atom. The lowest BCUT2D eigenvalue weighted by atomic mass is 9.89. The van der Waals surface area contributed by atoms with Crippen molar-refractivity contribution >= 4 is 16.7 Å². The molecule has 140 valence electrons. The Bertz CT molecular complexity index is 1060. The molecule has 4 rings (SSSR count). The molecule has 28 heavy (non-hydrogen) atoms. The van der Waals surface area contributed by atoms with Gasteiger partial charge in [0.25, 0.3) is 0 Å². The quantitative estimate of drug-likeness (QED) is 0.636. The number of benzene rings is 3. The minimum Gasteiger partial charge on any atom is -0.326 e. The maximum atomic E-state index is 5.93. The van der Waals surface area contributed by atoms with Gasteiger partial charge in [0, 0.05) is 13.1 Å². The average molecular weight is 367 g/mol. The Kier molecular flexibility index (Phi) is 5.25. The van der Waals surface area contributed by atoms with Gasteiger partial charge in [0.05, 0.1) is 0 Å². The highest BCUT2D eigenvalue weighted by Gasteiger charge is 2.25. The van der Waals surface area contributed by atoms with Crippen molar-refractivity contribution in [2.75, 3.05) is 0 Å². The molecule has 2 heteroatoms. The molecule has 0 spiro atoms. The molecule has 3 aromatic rings. The minimum absolute atomic E-state index is 0.544. The number of allylic oxidation sites excluding steroid dienone is 4. The van der Waals surface area contributed by atoms with E-state index in [4.69, 9.17) is 11.5 Å². The molecule has 0 atom stereocenters. The van der Waals surface area contributed by atoms with Gasteiger partial charge in [-0.25, -0.2) is 0 Å². The minimum atomic E-state index is 0.544. The molecule has 0 aromatic heterocycles. The van der Waals surface area contributed by atoms with Crippen LogP contribution in [-0.4, -0.2) is 0 Å². The molecular formula is C26H26N2. The van der Waals surface area contributed by atoms with Crippen molar-refractivity contribution in [2.24, 2.45) is 11.5 Å². The van der Waals surface area contributed by atoms with Crippen LogP contribution in [0.15, 0.2) is 84.4 Å². The van der Waals surface area contributed by atoms with Crippen molar-refractivity contribution in [3.8, 4) is 0 Å². The first kappa shape index (κ1) is 18.4. The van der Waals surface area contributed by atoms with Crippen molar-refractivity contribution in [1.82, 2.24) is 0 Å². The van der Waals surface area contributed by atoms with Crippen molar-refractivity contribution < 1.29 is 0 Å². The maximum absolute atomic E-state index is 5.93. The van der Waals surface area contributed by atoms with Crippen LogP contribution in [0, 0.1) is 0 Å². The maximum Gasteiger partial charge on any atom is 0.0178 e. The highest BCUT2D eigenvalue weighted by molar-refractivity contribution is 6.19. The van der Waals surface area contributed by atoms with Crippen LogP contribution in [0.3, 0.4) is 0 Å². The van der Waals surface area contributed by atoms with E-state index in [1.807, 2.05) is 0 Å². The Hall–Kier alpha value is -2.94. The second-order valence-corrected chi connectivity index (χ2v) is 7.36. The Balaban J connectivity index is 1.96. The van der Waals surface area contributed by atoms with Gasteiger partial charge in [0.15, 0.2) is 0 Å². The summed E-state index contributed by atoms with van der Waals surface area (Å²) < 4.78 is 0. The van der Waals surface area contributed by atoms with E-state index in [-0.39, 0.29) is 0 Å². The van der Waals surface area contributed by atoms with E-state index in [2.05, 4.69) is 85.8 Å². The Morgan fingerprint density at radius 1 is 0.643 bits per heavy atom. The Labute approximate surface area is 167 Å². The van der Waals surface area contributed by atoms with Crippen LogP contribution in [0.4, 0.5) is 0 Å². The standard InChI is InChI=1S/C26H26N2/c1-18-13-24(22-11-5-7-19(14-22)16-27)26(23-12-6-8-20(15-23)17-28)25(18)21-9-3-2-4-10-21/h2-12,14-15H,13,16-17,27-28H2,1H3. The second kappa shape index (κ2) is 7.97. The van der Waals surface area contributed by atoms with E-state index < -0.39 is 0 Å². The molecule has 4 N–H and O–H groups in total. The van der Waals surface area contributed by atoms with Crippen molar-refractivity contribution in [1.29, 1.82) is 0 Å². The van der Waals surface area contributed by atoms with Gasteiger partial charge >= 0.3 is 0 Å². The third-order valence-corrected chi connectivity index (χ3v) is 5.45. The van der Waals surface area contributed by atoms with Gasteiger partial charge in [0.2, 0.25) is 0 Å². The molecule has 0 saturated carbocycles. The van der Waals surface area contributed by atoms with Crippen LogP contribution in [0.5, 0.6) is 0 Å². The first-order valence-corrected chi connectivity index (χ1v) is 9.78. The summed E-state index contributed by atoms with van der Waals surface area (Å²) in [4.78, 5) is 0.